The molecule has 0 spiro atoms. The average Bonchev–Trinajstić information content (AvgIpc) is 3.29. The van der Waals surface area contributed by atoms with Gasteiger partial charge >= 0.3 is 12.1 Å². The van der Waals surface area contributed by atoms with E-state index < -0.39 is 24.1 Å². The second kappa shape index (κ2) is 12.8. The van der Waals surface area contributed by atoms with Crippen molar-refractivity contribution in [2.24, 2.45) is 0 Å². The molecule has 4 rings (SSSR count). The third-order valence-electron chi connectivity index (χ3n) is 7.06. The van der Waals surface area contributed by atoms with Crippen LogP contribution in [0.2, 0.25) is 0 Å². The highest BCUT2D eigenvalue weighted by Gasteiger charge is 2.37. The van der Waals surface area contributed by atoms with Gasteiger partial charge in [-0.15, -0.1) is 0 Å². The van der Waals surface area contributed by atoms with E-state index in [1.165, 1.54) is 6.07 Å². The van der Waals surface area contributed by atoms with Crippen molar-refractivity contribution in [2.45, 2.75) is 45.3 Å². The highest BCUT2D eigenvalue weighted by molar-refractivity contribution is 6.07. The number of likely N-dealkylation sites (N-methyl/N-ethyl adjacent to an activating group) is 1. The molecule has 2 aliphatic rings. The number of hydrogen-bond acceptors (Lipinski definition) is 8. The lowest BCUT2D eigenvalue weighted by atomic mass is 9.99. The van der Waals surface area contributed by atoms with Gasteiger partial charge in [-0.1, -0.05) is 30.3 Å². The van der Waals surface area contributed by atoms with Crippen LogP contribution in [0.25, 0.3) is 0 Å². The van der Waals surface area contributed by atoms with Crippen molar-refractivity contribution in [3.63, 3.8) is 0 Å². The normalized spacial score (nSPS) is 18.5. The Morgan fingerprint density at radius 3 is 2.46 bits per heavy atom. The maximum absolute atomic E-state index is 14.0. The molecule has 10 nitrogen and oxygen atoms in total. The number of carbonyl (C=O) groups excluding carboxylic acids is 4. The van der Waals surface area contributed by atoms with Gasteiger partial charge in [-0.25, -0.2) is 9.59 Å². The zero-order valence-corrected chi connectivity index (χ0v) is 22.7. The zero-order chi connectivity index (χ0) is 27.9. The van der Waals surface area contributed by atoms with Crippen LogP contribution in [0.3, 0.4) is 0 Å². The van der Waals surface area contributed by atoms with Crippen LogP contribution in [0.4, 0.5) is 10.5 Å². The van der Waals surface area contributed by atoms with Crippen LogP contribution in [-0.4, -0.2) is 90.4 Å². The SMILES string of the molecule is CCOC(=O)[C@H](C)Nc1ccc(OC(=O)N2CCN(C)CC2)cc1C(=O)[C@@H]1CCC(=O)N1Cc1ccccc1. The monoisotopic (exact) mass is 536 g/mol. The lowest BCUT2D eigenvalue weighted by molar-refractivity contribution is -0.143. The molecule has 2 atom stereocenters. The van der Waals surface area contributed by atoms with Crippen LogP contribution in [-0.2, 0) is 20.9 Å². The number of Topliss-reactive ketones (excluding diaryl/α,β-unsaturated/α-hetero) is 1. The first-order valence-corrected chi connectivity index (χ1v) is 13.4. The Morgan fingerprint density at radius 2 is 1.77 bits per heavy atom. The van der Waals surface area contributed by atoms with E-state index in [9.17, 15) is 19.2 Å². The van der Waals surface area contributed by atoms with E-state index in [1.54, 1.807) is 35.8 Å². The minimum Gasteiger partial charge on any atom is -0.464 e. The summed E-state index contributed by atoms with van der Waals surface area (Å²) in [4.78, 5) is 57.2. The van der Waals surface area contributed by atoms with Gasteiger partial charge in [0.1, 0.15) is 11.8 Å². The maximum atomic E-state index is 14.0. The molecule has 39 heavy (non-hydrogen) atoms. The minimum atomic E-state index is -0.721. The van der Waals surface area contributed by atoms with E-state index in [2.05, 4.69) is 10.2 Å². The molecule has 2 fully saturated rings. The molecule has 0 aromatic heterocycles. The lowest BCUT2D eigenvalue weighted by Gasteiger charge is -2.31. The highest BCUT2D eigenvalue weighted by Crippen LogP contribution is 2.30. The Labute approximate surface area is 228 Å². The van der Waals surface area contributed by atoms with Crippen molar-refractivity contribution < 1.29 is 28.7 Å². The Hall–Kier alpha value is -3.92. The van der Waals surface area contributed by atoms with Gasteiger partial charge in [0.05, 0.1) is 12.6 Å². The molecule has 0 unspecified atom stereocenters. The summed E-state index contributed by atoms with van der Waals surface area (Å²) in [7, 11) is 2.00. The molecule has 2 saturated heterocycles. The Morgan fingerprint density at radius 1 is 1.05 bits per heavy atom. The summed E-state index contributed by atoms with van der Waals surface area (Å²) < 4.78 is 10.8. The van der Waals surface area contributed by atoms with Crippen molar-refractivity contribution in [1.82, 2.24) is 14.7 Å². The van der Waals surface area contributed by atoms with Crippen molar-refractivity contribution in [1.29, 1.82) is 0 Å². The predicted octanol–water partition coefficient (Wildman–Crippen LogP) is 3.17. The van der Waals surface area contributed by atoms with Crippen molar-refractivity contribution in [2.75, 3.05) is 45.2 Å². The number of amides is 2. The van der Waals surface area contributed by atoms with E-state index in [1.807, 2.05) is 37.4 Å². The standard InChI is InChI=1S/C29H36N4O6/c1-4-38-28(36)20(2)30-24-11-10-22(39-29(37)32-16-14-31(3)15-17-32)18-23(24)27(35)25-12-13-26(34)33(25)19-21-8-6-5-7-9-21/h5-11,18,20,25,30H,4,12-17,19H2,1-3H3/t20-,25-/m0/s1. The van der Waals surface area contributed by atoms with Crippen LogP contribution in [0, 0.1) is 0 Å². The lowest BCUT2D eigenvalue weighted by Crippen LogP contribution is -2.48. The van der Waals surface area contributed by atoms with E-state index in [-0.39, 0.29) is 36.0 Å². The number of hydrogen-bond donors (Lipinski definition) is 1. The molecular weight excluding hydrogens is 500 g/mol. The topological polar surface area (TPSA) is 108 Å². The number of likely N-dealkylation sites (tertiary alicyclic amines) is 1. The second-order valence-electron chi connectivity index (χ2n) is 9.91. The number of ether oxygens (including phenoxy) is 2. The molecule has 10 heteroatoms. The number of rotatable bonds is 9. The molecule has 2 heterocycles. The third kappa shape index (κ3) is 6.94. The zero-order valence-electron chi connectivity index (χ0n) is 22.7. The maximum Gasteiger partial charge on any atom is 0.415 e. The highest BCUT2D eigenvalue weighted by atomic mass is 16.6. The molecule has 2 aliphatic heterocycles. The summed E-state index contributed by atoms with van der Waals surface area (Å²) in [5.41, 5.74) is 1.57. The second-order valence-corrected chi connectivity index (χ2v) is 9.91. The largest absolute Gasteiger partial charge is 0.464 e. The summed E-state index contributed by atoms with van der Waals surface area (Å²) in [6, 6.07) is 12.8. The molecule has 0 saturated carbocycles. The first-order valence-electron chi connectivity index (χ1n) is 13.4. The molecule has 208 valence electrons. The number of esters is 1. The fourth-order valence-electron chi connectivity index (χ4n) is 4.79. The number of piperazine rings is 1. The fourth-order valence-corrected chi connectivity index (χ4v) is 4.79. The van der Waals surface area contributed by atoms with Crippen LogP contribution >= 0.6 is 0 Å². The van der Waals surface area contributed by atoms with Gasteiger partial charge in [0, 0.05) is 50.4 Å². The molecule has 2 aromatic rings. The summed E-state index contributed by atoms with van der Waals surface area (Å²) >= 11 is 0. The summed E-state index contributed by atoms with van der Waals surface area (Å²) in [6.07, 6.45) is 0.162. The molecule has 2 aromatic carbocycles. The van der Waals surface area contributed by atoms with E-state index in [4.69, 9.17) is 9.47 Å². The van der Waals surface area contributed by atoms with Gasteiger partial charge in [-0.2, -0.15) is 0 Å². The van der Waals surface area contributed by atoms with Gasteiger partial charge in [0.25, 0.3) is 0 Å². The van der Waals surface area contributed by atoms with Gasteiger partial charge in [0.15, 0.2) is 5.78 Å². The smallest absolute Gasteiger partial charge is 0.415 e. The Bertz CT molecular complexity index is 1200. The molecular formula is C29H36N4O6. The van der Waals surface area contributed by atoms with Crippen LogP contribution in [0.15, 0.2) is 48.5 Å². The quantitative estimate of drug-likeness (QED) is 0.385. The number of carbonyl (C=O) groups is 4. The van der Waals surface area contributed by atoms with Gasteiger partial charge in [0.2, 0.25) is 5.91 Å². The summed E-state index contributed by atoms with van der Waals surface area (Å²) in [5, 5.41) is 3.07. The van der Waals surface area contributed by atoms with Crippen molar-refractivity contribution in [3.8, 4) is 5.75 Å². The van der Waals surface area contributed by atoms with Gasteiger partial charge < -0.3 is 29.5 Å². The van der Waals surface area contributed by atoms with Crippen LogP contribution in [0.5, 0.6) is 5.75 Å². The van der Waals surface area contributed by atoms with E-state index in [0.29, 0.717) is 31.7 Å². The van der Waals surface area contributed by atoms with E-state index >= 15 is 0 Å². The number of anilines is 1. The fraction of sp³-hybridized carbons (Fsp3) is 0.448. The van der Waals surface area contributed by atoms with Gasteiger partial charge in [-0.3, -0.25) is 9.59 Å². The van der Waals surface area contributed by atoms with Crippen LogP contribution < -0.4 is 10.1 Å². The van der Waals surface area contributed by atoms with Crippen molar-refractivity contribution in [3.05, 3.63) is 59.7 Å². The van der Waals surface area contributed by atoms with E-state index in [0.717, 1.165) is 18.7 Å². The molecule has 0 bridgehead atoms. The molecule has 0 aliphatic carbocycles. The van der Waals surface area contributed by atoms with Crippen molar-refractivity contribution >= 4 is 29.4 Å². The molecule has 0 radical (unpaired) electrons. The van der Waals surface area contributed by atoms with Crippen LogP contribution in [0.1, 0.15) is 42.6 Å². The number of benzene rings is 2. The Balaban J connectivity index is 1.60. The number of nitrogens with one attached hydrogen (secondary N) is 1. The third-order valence-corrected chi connectivity index (χ3v) is 7.06. The number of ketones is 1. The molecule has 1 N–H and O–H groups in total. The first-order chi connectivity index (χ1) is 18.8. The first kappa shape index (κ1) is 28.1. The number of nitrogens with zero attached hydrogens (tertiary/aromatic N) is 3. The molecule has 2 amide bonds. The summed E-state index contributed by atoms with van der Waals surface area (Å²) in [5.74, 6) is -0.615. The predicted molar refractivity (Wildman–Crippen MR) is 146 cm³/mol. The van der Waals surface area contributed by atoms with Gasteiger partial charge in [-0.05, 0) is 51.1 Å². The summed E-state index contributed by atoms with van der Waals surface area (Å²) in [6.45, 7) is 6.52. The average molecular weight is 537 g/mol. The Kier molecular flexibility index (Phi) is 9.19. The minimum absolute atomic E-state index is 0.0933.